The van der Waals surface area contributed by atoms with Crippen LogP contribution in [0.15, 0.2) is 21.3 Å². The highest BCUT2D eigenvalue weighted by molar-refractivity contribution is 5.90. The molecule has 0 saturated carbocycles. The van der Waals surface area contributed by atoms with Crippen molar-refractivity contribution in [1.29, 1.82) is 0 Å². The number of amides is 1. The molecule has 0 unspecified atom stereocenters. The maximum absolute atomic E-state index is 12.1. The Morgan fingerprint density at radius 1 is 1.33 bits per heavy atom. The van der Waals surface area contributed by atoms with Gasteiger partial charge in [0, 0.05) is 0 Å². The van der Waals surface area contributed by atoms with Crippen molar-refractivity contribution in [2.24, 2.45) is 0 Å². The summed E-state index contributed by atoms with van der Waals surface area (Å²) in [5, 5.41) is 23.6. The molecule has 0 fully saturated rings. The standard InChI is InChI=1S/C17H19NO6/c1-4-11(16(21)22)18-14(20)7-10-9(3)15-12(19)5-8(2)6-13(15)24-17(10)23/h5-6,11,19H,4,7H2,1-3H3,(H,18,20)(H,21,22)/p-1/t11-/m0/s1. The van der Waals surface area contributed by atoms with Gasteiger partial charge in [-0.15, -0.1) is 0 Å². The topological polar surface area (TPSA) is 120 Å². The highest BCUT2D eigenvalue weighted by Gasteiger charge is 2.19. The molecule has 0 bridgehead atoms. The third-order valence-electron chi connectivity index (χ3n) is 3.87. The average Bonchev–Trinajstić information content (AvgIpc) is 2.47. The van der Waals surface area contributed by atoms with E-state index in [-0.39, 0.29) is 29.7 Å². The molecular weight excluding hydrogens is 314 g/mol. The number of aryl methyl sites for hydroxylation is 2. The third kappa shape index (κ3) is 3.40. The second-order valence-corrected chi connectivity index (χ2v) is 5.67. The van der Waals surface area contributed by atoms with E-state index in [4.69, 9.17) is 4.42 Å². The fourth-order valence-electron chi connectivity index (χ4n) is 2.60. The van der Waals surface area contributed by atoms with Crippen molar-refractivity contribution in [3.63, 3.8) is 0 Å². The van der Waals surface area contributed by atoms with E-state index >= 15 is 0 Å². The zero-order valence-electron chi connectivity index (χ0n) is 13.6. The summed E-state index contributed by atoms with van der Waals surface area (Å²) < 4.78 is 5.19. The average molecular weight is 332 g/mol. The number of fused-ring (bicyclic) bond motifs is 1. The molecule has 0 spiro atoms. The first-order valence-electron chi connectivity index (χ1n) is 7.50. The fourth-order valence-corrected chi connectivity index (χ4v) is 2.60. The number of aliphatic carboxylic acids is 1. The Hall–Kier alpha value is -2.83. The Kier molecular flexibility index (Phi) is 4.92. The maximum atomic E-state index is 12.1. The Morgan fingerprint density at radius 3 is 2.58 bits per heavy atom. The largest absolute Gasteiger partial charge is 0.548 e. The smallest absolute Gasteiger partial charge is 0.340 e. The molecule has 0 aliphatic heterocycles. The summed E-state index contributed by atoms with van der Waals surface area (Å²) in [6.07, 6.45) is -0.180. The number of carbonyl (C=O) groups is 2. The normalized spacial score (nSPS) is 12.1. The molecule has 0 saturated heterocycles. The van der Waals surface area contributed by atoms with Gasteiger partial charge in [0.1, 0.15) is 11.3 Å². The third-order valence-corrected chi connectivity index (χ3v) is 3.87. The van der Waals surface area contributed by atoms with Crippen molar-refractivity contribution in [3.8, 4) is 5.75 Å². The van der Waals surface area contributed by atoms with Crippen LogP contribution in [-0.2, 0) is 16.0 Å². The van der Waals surface area contributed by atoms with Gasteiger partial charge in [-0.2, -0.15) is 0 Å². The number of phenolic OH excluding ortho intramolecular Hbond substituents is 1. The van der Waals surface area contributed by atoms with Crippen molar-refractivity contribution < 1.29 is 24.2 Å². The zero-order chi connectivity index (χ0) is 18.0. The minimum Gasteiger partial charge on any atom is -0.548 e. The number of rotatable bonds is 5. The van der Waals surface area contributed by atoms with Crippen molar-refractivity contribution in [2.45, 2.75) is 39.7 Å². The molecule has 24 heavy (non-hydrogen) atoms. The van der Waals surface area contributed by atoms with Gasteiger partial charge in [-0.3, -0.25) is 4.79 Å². The second kappa shape index (κ2) is 6.74. The molecule has 128 valence electrons. The van der Waals surface area contributed by atoms with Gasteiger partial charge in [0.2, 0.25) is 5.91 Å². The lowest BCUT2D eigenvalue weighted by Crippen LogP contribution is -2.48. The van der Waals surface area contributed by atoms with Crippen molar-refractivity contribution in [1.82, 2.24) is 5.32 Å². The highest BCUT2D eigenvalue weighted by atomic mass is 16.4. The number of carboxylic acid groups (broad SMARTS) is 1. The monoisotopic (exact) mass is 332 g/mol. The van der Waals surface area contributed by atoms with Crippen LogP contribution in [0.5, 0.6) is 5.75 Å². The SMILES string of the molecule is CC[C@H](NC(=O)Cc1c(C)c2c(O)cc(C)cc2oc1=O)C(=O)[O-]. The number of nitrogens with one attached hydrogen (secondary N) is 1. The van der Waals surface area contributed by atoms with Gasteiger partial charge in [-0.05, 0) is 43.5 Å². The summed E-state index contributed by atoms with van der Waals surface area (Å²) in [5.41, 5.74) is 0.775. The lowest BCUT2D eigenvalue weighted by atomic mass is 10.0. The molecule has 7 heteroatoms. The molecule has 1 heterocycles. The lowest BCUT2D eigenvalue weighted by molar-refractivity contribution is -0.308. The molecule has 2 rings (SSSR count). The van der Waals surface area contributed by atoms with Gasteiger partial charge >= 0.3 is 5.63 Å². The summed E-state index contributed by atoms with van der Waals surface area (Å²) in [6, 6.07) is 2.03. The summed E-state index contributed by atoms with van der Waals surface area (Å²) in [4.78, 5) is 35.0. The quantitative estimate of drug-likeness (QED) is 0.760. The Labute approximate surface area is 137 Å². The van der Waals surface area contributed by atoms with Gasteiger partial charge in [-0.25, -0.2) is 4.79 Å². The molecular formula is C17H18NO6-. The molecule has 1 atom stereocenters. The highest BCUT2D eigenvalue weighted by Crippen LogP contribution is 2.29. The lowest BCUT2D eigenvalue weighted by Gasteiger charge is -2.18. The van der Waals surface area contributed by atoms with E-state index in [9.17, 15) is 24.6 Å². The molecule has 0 radical (unpaired) electrons. The van der Waals surface area contributed by atoms with Gasteiger partial charge in [0.15, 0.2) is 0 Å². The van der Waals surface area contributed by atoms with Crippen LogP contribution < -0.4 is 16.0 Å². The van der Waals surface area contributed by atoms with Gasteiger partial charge in [-0.1, -0.05) is 6.92 Å². The number of carbonyl (C=O) groups excluding carboxylic acids is 2. The first-order chi connectivity index (χ1) is 11.2. The van der Waals surface area contributed by atoms with Crippen LogP contribution in [0.2, 0.25) is 0 Å². The second-order valence-electron chi connectivity index (χ2n) is 5.67. The van der Waals surface area contributed by atoms with Crippen LogP contribution in [0, 0.1) is 13.8 Å². The predicted octanol–water partition coefficient (Wildman–Crippen LogP) is 0.303. The summed E-state index contributed by atoms with van der Waals surface area (Å²) in [6.45, 7) is 4.95. The van der Waals surface area contributed by atoms with E-state index in [1.807, 2.05) is 0 Å². The van der Waals surface area contributed by atoms with Gasteiger partial charge in [0.25, 0.3) is 0 Å². The van der Waals surface area contributed by atoms with E-state index in [0.717, 1.165) is 5.56 Å². The summed E-state index contributed by atoms with van der Waals surface area (Å²) in [5.74, 6) is -2.07. The summed E-state index contributed by atoms with van der Waals surface area (Å²) in [7, 11) is 0. The molecule has 0 aliphatic rings. The summed E-state index contributed by atoms with van der Waals surface area (Å²) >= 11 is 0. The van der Waals surface area contributed by atoms with Crippen LogP contribution in [0.1, 0.15) is 30.0 Å². The Morgan fingerprint density at radius 2 is 2.00 bits per heavy atom. The molecule has 0 aliphatic carbocycles. The van der Waals surface area contributed by atoms with Crippen LogP contribution in [0.4, 0.5) is 0 Å². The minimum atomic E-state index is -1.39. The molecule has 1 aromatic heterocycles. The molecule has 2 aromatic rings. The first-order valence-corrected chi connectivity index (χ1v) is 7.50. The maximum Gasteiger partial charge on any atom is 0.340 e. The fraction of sp³-hybridized carbons (Fsp3) is 0.353. The number of carboxylic acids is 1. The molecule has 1 amide bonds. The number of hydrogen-bond acceptors (Lipinski definition) is 6. The molecule has 7 nitrogen and oxygen atoms in total. The van der Waals surface area contributed by atoms with Crippen molar-refractivity contribution in [3.05, 3.63) is 39.2 Å². The van der Waals surface area contributed by atoms with Crippen molar-refractivity contribution in [2.75, 3.05) is 0 Å². The van der Waals surface area contributed by atoms with E-state index in [2.05, 4.69) is 5.32 Å². The van der Waals surface area contributed by atoms with E-state index in [1.54, 1.807) is 26.8 Å². The number of phenols is 1. The van der Waals surface area contributed by atoms with Gasteiger partial charge < -0.3 is 24.7 Å². The minimum absolute atomic E-state index is 0.0471. The Balaban J connectivity index is 2.41. The molecule has 2 N–H and O–H groups in total. The predicted molar refractivity (Wildman–Crippen MR) is 84.6 cm³/mol. The van der Waals surface area contributed by atoms with Crippen LogP contribution in [0.3, 0.4) is 0 Å². The number of hydrogen-bond donors (Lipinski definition) is 2. The van der Waals surface area contributed by atoms with E-state index in [1.165, 1.54) is 6.07 Å². The van der Waals surface area contributed by atoms with Crippen molar-refractivity contribution >= 4 is 22.8 Å². The number of benzene rings is 1. The van der Waals surface area contributed by atoms with Gasteiger partial charge in [0.05, 0.1) is 29.4 Å². The van der Waals surface area contributed by atoms with Crippen LogP contribution >= 0.6 is 0 Å². The molecule has 1 aromatic carbocycles. The zero-order valence-corrected chi connectivity index (χ0v) is 13.6. The first kappa shape index (κ1) is 17.5. The van der Waals surface area contributed by atoms with E-state index < -0.39 is 23.5 Å². The number of aromatic hydroxyl groups is 1. The van der Waals surface area contributed by atoms with E-state index in [0.29, 0.717) is 10.9 Å². The van der Waals surface area contributed by atoms with Crippen LogP contribution in [0.25, 0.3) is 11.0 Å². The Bertz CT molecular complexity index is 867. The van der Waals surface area contributed by atoms with Crippen LogP contribution in [-0.4, -0.2) is 23.0 Å².